The quantitative estimate of drug-likeness (QED) is 0.777. The molecule has 0 radical (unpaired) electrons. The van der Waals surface area contributed by atoms with Crippen molar-refractivity contribution in [3.05, 3.63) is 66.0 Å². The fourth-order valence-electron chi connectivity index (χ4n) is 3.22. The molecule has 4 heteroatoms. The summed E-state index contributed by atoms with van der Waals surface area (Å²) in [6.07, 6.45) is 6.29. The third kappa shape index (κ3) is 2.46. The molecule has 0 saturated carbocycles. The monoisotopic (exact) mass is 292 g/mol. The average molecular weight is 292 g/mol. The van der Waals surface area contributed by atoms with Gasteiger partial charge in [0.1, 0.15) is 0 Å². The molecule has 4 rings (SSSR count). The van der Waals surface area contributed by atoms with Gasteiger partial charge < -0.3 is 10.6 Å². The van der Waals surface area contributed by atoms with E-state index in [0.717, 1.165) is 19.5 Å². The van der Waals surface area contributed by atoms with Gasteiger partial charge in [0, 0.05) is 36.6 Å². The first kappa shape index (κ1) is 13.3. The van der Waals surface area contributed by atoms with Crippen molar-refractivity contribution in [3.63, 3.8) is 0 Å². The second kappa shape index (κ2) is 5.81. The molecule has 1 aliphatic rings. The number of benzene rings is 1. The van der Waals surface area contributed by atoms with Crippen LogP contribution in [0.5, 0.6) is 0 Å². The van der Waals surface area contributed by atoms with E-state index >= 15 is 0 Å². The Morgan fingerprint density at radius 3 is 3.09 bits per heavy atom. The Morgan fingerprint density at radius 1 is 1.18 bits per heavy atom. The number of nitrogens with zero attached hydrogens (tertiary/aromatic N) is 2. The number of anilines is 1. The molecular formula is C18H20N4. The maximum atomic E-state index is 4.41. The molecule has 1 unspecified atom stereocenters. The molecule has 2 aromatic heterocycles. The van der Waals surface area contributed by atoms with Gasteiger partial charge in [0.05, 0.1) is 11.7 Å². The molecule has 112 valence electrons. The van der Waals surface area contributed by atoms with E-state index in [4.69, 9.17) is 0 Å². The van der Waals surface area contributed by atoms with Crippen molar-refractivity contribution < 1.29 is 0 Å². The minimum absolute atomic E-state index is 0.393. The number of pyridine rings is 1. The van der Waals surface area contributed by atoms with Crippen LogP contribution in [-0.2, 0) is 6.54 Å². The Kier molecular flexibility index (Phi) is 3.52. The zero-order chi connectivity index (χ0) is 14.8. The third-order valence-corrected chi connectivity index (χ3v) is 4.37. The van der Waals surface area contributed by atoms with Gasteiger partial charge in [0.2, 0.25) is 0 Å². The maximum Gasteiger partial charge on any atom is 0.0706 e. The van der Waals surface area contributed by atoms with Crippen LogP contribution in [0.2, 0.25) is 0 Å². The van der Waals surface area contributed by atoms with E-state index in [0.29, 0.717) is 6.04 Å². The average Bonchev–Trinajstić information content (AvgIpc) is 2.86. The molecule has 22 heavy (non-hydrogen) atoms. The van der Waals surface area contributed by atoms with Crippen LogP contribution in [-0.4, -0.2) is 16.2 Å². The van der Waals surface area contributed by atoms with Crippen LogP contribution in [0.25, 0.3) is 5.52 Å². The van der Waals surface area contributed by atoms with Crippen LogP contribution in [0, 0.1) is 0 Å². The van der Waals surface area contributed by atoms with Crippen LogP contribution < -0.4 is 10.6 Å². The maximum absolute atomic E-state index is 4.41. The summed E-state index contributed by atoms with van der Waals surface area (Å²) >= 11 is 0. The number of fused-ring (bicyclic) bond motifs is 2. The smallest absolute Gasteiger partial charge is 0.0706 e. The molecule has 1 aliphatic heterocycles. The summed E-state index contributed by atoms with van der Waals surface area (Å²) in [6, 6.07) is 15.2. The Morgan fingerprint density at radius 2 is 2.09 bits per heavy atom. The van der Waals surface area contributed by atoms with Crippen molar-refractivity contribution in [2.75, 3.05) is 11.9 Å². The zero-order valence-electron chi connectivity index (χ0n) is 12.5. The van der Waals surface area contributed by atoms with Crippen molar-refractivity contribution in [3.8, 4) is 0 Å². The van der Waals surface area contributed by atoms with Gasteiger partial charge in [-0.25, -0.2) is 4.52 Å². The molecule has 0 aliphatic carbocycles. The first-order chi connectivity index (χ1) is 10.9. The summed E-state index contributed by atoms with van der Waals surface area (Å²) in [4.78, 5) is 0. The van der Waals surface area contributed by atoms with Crippen molar-refractivity contribution >= 4 is 11.2 Å². The number of para-hydroxylation sites is 1. The van der Waals surface area contributed by atoms with Gasteiger partial charge in [-0.1, -0.05) is 24.3 Å². The minimum atomic E-state index is 0.393. The summed E-state index contributed by atoms with van der Waals surface area (Å²) < 4.78 is 1.93. The van der Waals surface area contributed by atoms with Crippen molar-refractivity contribution in [1.29, 1.82) is 0 Å². The summed E-state index contributed by atoms with van der Waals surface area (Å²) in [5.74, 6) is 0. The van der Waals surface area contributed by atoms with Crippen LogP contribution in [0.3, 0.4) is 0 Å². The van der Waals surface area contributed by atoms with E-state index in [-0.39, 0.29) is 0 Å². The van der Waals surface area contributed by atoms with E-state index in [1.807, 2.05) is 23.0 Å². The van der Waals surface area contributed by atoms with E-state index in [1.54, 1.807) is 0 Å². The van der Waals surface area contributed by atoms with Crippen molar-refractivity contribution in [1.82, 2.24) is 14.9 Å². The molecule has 0 spiro atoms. The molecule has 0 bridgehead atoms. The normalized spacial score (nSPS) is 17.7. The standard InChI is InChI=1S/C18H20N4/c1-2-7-16-15(6-1)17(8-5-10-19-16)20-12-14-13-21-22-11-4-3-9-18(14)22/h1-4,6-7,9,11,13,17,19-20H,5,8,10,12H2. The highest BCUT2D eigenvalue weighted by molar-refractivity contribution is 5.54. The number of hydrogen-bond donors (Lipinski definition) is 2. The molecule has 1 aromatic carbocycles. The topological polar surface area (TPSA) is 41.4 Å². The van der Waals surface area contributed by atoms with Gasteiger partial charge in [-0.15, -0.1) is 0 Å². The van der Waals surface area contributed by atoms with Crippen LogP contribution in [0.15, 0.2) is 54.9 Å². The van der Waals surface area contributed by atoms with Crippen molar-refractivity contribution in [2.24, 2.45) is 0 Å². The largest absolute Gasteiger partial charge is 0.385 e. The molecule has 0 fully saturated rings. The van der Waals surface area contributed by atoms with E-state index in [9.17, 15) is 0 Å². The molecule has 2 N–H and O–H groups in total. The van der Waals surface area contributed by atoms with E-state index in [1.165, 1.54) is 28.8 Å². The molecule has 0 amide bonds. The number of rotatable bonds is 3. The summed E-state index contributed by atoms with van der Waals surface area (Å²) in [5.41, 5.74) is 5.05. The molecule has 3 aromatic rings. The van der Waals surface area contributed by atoms with Crippen LogP contribution in [0.1, 0.15) is 30.0 Å². The van der Waals surface area contributed by atoms with Crippen molar-refractivity contribution in [2.45, 2.75) is 25.4 Å². The second-order valence-corrected chi connectivity index (χ2v) is 5.79. The molecule has 4 nitrogen and oxygen atoms in total. The van der Waals surface area contributed by atoms with Crippen LogP contribution in [0.4, 0.5) is 5.69 Å². The fourth-order valence-corrected chi connectivity index (χ4v) is 3.22. The molecule has 1 atom stereocenters. The third-order valence-electron chi connectivity index (χ3n) is 4.37. The van der Waals surface area contributed by atoms with Gasteiger partial charge in [-0.2, -0.15) is 5.10 Å². The summed E-state index contributed by atoms with van der Waals surface area (Å²) in [5, 5.41) is 11.6. The Labute approximate surface area is 130 Å². The lowest BCUT2D eigenvalue weighted by Gasteiger charge is -2.18. The highest BCUT2D eigenvalue weighted by Crippen LogP contribution is 2.29. The number of nitrogens with one attached hydrogen (secondary N) is 2. The lowest BCUT2D eigenvalue weighted by molar-refractivity contribution is 0.498. The highest BCUT2D eigenvalue weighted by Gasteiger charge is 2.18. The predicted molar refractivity (Wildman–Crippen MR) is 88.9 cm³/mol. The first-order valence-electron chi connectivity index (χ1n) is 7.89. The summed E-state index contributed by atoms with van der Waals surface area (Å²) in [7, 11) is 0. The minimum Gasteiger partial charge on any atom is -0.385 e. The van der Waals surface area contributed by atoms with Gasteiger partial charge in [0.25, 0.3) is 0 Å². The highest BCUT2D eigenvalue weighted by atomic mass is 15.2. The SMILES string of the molecule is c1ccc2c(c1)NCCCC2NCc1cnn2ccccc12. The lowest BCUT2D eigenvalue weighted by atomic mass is 10.0. The van der Waals surface area contributed by atoms with E-state index < -0.39 is 0 Å². The Balaban J connectivity index is 1.56. The van der Waals surface area contributed by atoms with Gasteiger partial charge in [-0.05, 0) is 36.6 Å². The van der Waals surface area contributed by atoms with Crippen LogP contribution >= 0.6 is 0 Å². The molecule has 3 heterocycles. The predicted octanol–water partition coefficient (Wildman–Crippen LogP) is 3.37. The van der Waals surface area contributed by atoms with E-state index in [2.05, 4.69) is 52.1 Å². The van der Waals surface area contributed by atoms with Gasteiger partial charge >= 0.3 is 0 Å². The fraction of sp³-hybridized carbons (Fsp3) is 0.278. The second-order valence-electron chi connectivity index (χ2n) is 5.79. The van der Waals surface area contributed by atoms with Gasteiger partial charge in [0.15, 0.2) is 0 Å². The number of hydrogen-bond acceptors (Lipinski definition) is 3. The lowest BCUT2D eigenvalue weighted by Crippen LogP contribution is -2.20. The molecule has 0 saturated heterocycles. The molecular weight excluding hydrogens is 272 g/mol. The summed E-state index contributed by atoms with van der Waals surface area (Å²) in [6.45, 7) is 1.89. The van der Waals surface area contributed by atoms with Gasteiger partial charge in [-0.3, -0.25) is 0 Å². The Bertz CT molecular complexity index is 777. The zero-order valence-corrected chi connectivity index (χ0v) is 12.5. The Hall–Kier alpha value is -2.33. The first-order valence-corrected chi connectivity index (χ1v) is 7.89. The number of aromatic nitrogens is 2.